The van der Waals surface area contributed by atoms with Gasteiger partial charge in [0, 0.05) is 6.42 Å². The van der Waals surface area contributed by atoms with Crippen LogP contribution in [0.3, 0.4) is 0 Å². The standard InChI is InChI=1S/C11H14O3/c1-7-6-8(12)11-9(13-2)4-3-5-10(11)14-7/h3-5,7-8,12H,6H2,1-2H3/t7-,8-/m1/s1. The summed E-state index contributed by atoms with van der Waals surface area (Å²) in [7, 11) is 1.60. The summed E-state index contributed by atoms with van der Waals surface area (Å²) >= 11 is 0. The van der Waals surface area contributed by atoms with Gasteiger partial charge in [-0.05, 0) is 19.1 Å². The summed E-state index contributed by atoms with van der Waals surface area (Å²) in [6, 6.07) is 5.56. The van der Waals surface area contributed by atoms with Crippen LogP contribution in [-0.4, -0.2) is 18.3 Å². The third-order valence-electron chi connectivity index (χ3n) is 2.46. The maximum Gasteiger partial charge on any atom is 0.129 e. The number of hydrogen-bond acceptors (Lipinski definition) is 3. The molecule has 1 N–H and O–H groups in total. The van der Waals surface area contributed by atoms with Crippen molar-refractivity contribution in [1.29, 1.82) is 0 Å². The lowest BCUT2D eigenvalue weighted by Gasteiger charge is -2.28. The van der Waals surface area contributed by atoms with Crippen molar-refractivity contribution in [3.05, 3.63) is 23.8 Å². The van der Waals surface area contributed by atoms with Gasteiger partial charge in [-0.25, -0.2) is 0 Å². The summed E-state index contributed by atoms with van der Waals surface area (Å²) in [5, 5.41) is 9.88. The van der Waals surface area contributed by atoms with Crippen LogP contribution in [0.15, 0.2) is 18.2 Å². The molecule has 0 fully saturated rings. The van der Waals surface area contributed by atoms with Crippen molar-refractivity contribution in [3.63, 3.8) is 0 Å². The van der Waals surface area contributed by atoms with Gasteiger partial charge in [0.15, 0.2) is 0 Å². The van der Waals surface area contributed by atoms with Crippen molar-refractivity contribution in [2.45, 2.75) is 25.6 Å². The lowest BCUT2D eigenvalue weighted by molar-refractivity contribution is 0.0723. The van der Waals surface area contributed by atoms with Crippen molar-refractivity contribution in [2.24, 2.45) is 0 Å². The molecule has 1 aromatic rings. The van der Waals surface area contributed by atoms with E-state index in [2.05, 4.69) is 0 Å². The first-order chi connectivity index (χ1) is 6.72. The van der Waals surface area contributed by atoms with E-state index in [1.54, 1.807) is 7.11 Å². The van der Waals surface area contributed by atoms with Crippen molar-refractivity contribution >= 4 is 0 Å². The van der Waals surface area contributed by atoms with E-state index in [9.17, 15) is 5.11 Å². The van der Waals surface area contributed by atoms with E-state index in [0.717, 1.165) is 11.3 Å². The maximum atomic E-state index is 9.88. The molecule has 1 aliphatic heterocycles. The number of aliphatic hydroxyl groups excluding tert-OH is 1. The molecule has 76 valence electrons. The third-order valence-corrected chi connectivity index (χ3v) is 2.46. The number of methoxy groups -OCH3 is 1. The first kappa shape index (κ1) is 9.34. The maximum absolute atomic E-state index is 9.88. The predicted molar refractivity (Wildman–Crippen MR) is 52.7 cm³/mol. The molecule has 3 heteroatoms. The fourth-order valence-corrected chi connectivity index (χ4v) is 1.83. The van der Waals surface area contributed by atoms with E-state index in [1.165, 1.54) is 0 Å². The second-order valence-electron chi connectivity index (χ2n) is 3.55. The molecule has 1 heterocycles. The van der Waals surface area contributed by atoms with Crippen LogP contribution in [0.2, 0.25) is 0 Å². The van der Waals surface area contributed by atoms with Gasteiger partial charge in [-0.15, -0.1) is 0 Å². The second-order valence-corrected chi connectivity index (χ2v) is 3.55. The van der Waals surface area contributed by atoms with E-state index in [1.807, 2.05) is 25.1 Å². The molecule has 0 radical (unpaired) electrons. The van der Waals surface area contributed by atoms with Gasteiger partial charge < -0.3 is 14.6 Å². The molecule has 0 amide bonds. The minimum atomic E-state index is -0.482. The Morgan fingerprint density at radius 3 is 3.00 bits per heavy atom. The van der Waals surface area contributed by atoms with Crippen molar-refractivity contribution in [1.82, 2.24) is 0 Å². The Labute approximate surface area is 83.3 Å². The van der Waals surface area contributed by atoms with Crippen molar-refractivity contribution in [3.8, 4) is 11.5 Å². The highest BCUT2D eigenvalue weighted by molar-refractivity contribution is 5.47. The van der Waals surface area contributed by atoms with Gasteiger partial charge in [-0.1, -0.05) is 6.07 Å². The lowest BCUT2D eigenvalue weighted by Crippen LogP contribution is -2.22. The van der Waals surface area contributed by atoms with E-state index >= 15 is 0 Å². The molecule has 0 aromatic heterocycles. The smallest absolute Gasteiger partial charge is 0.129 e. The molecule has 0 spiro atoms. The van der Waals surface area contributed by atoms with Crippen LogP contribution in [0.1, 0.15) is 25.0 Å². The topological polar surface area (TPSA) is 38.7 Å². The zero-order valence-electron chi connectivity index (χ0n) is 8.36. The molecule has 1 aromatic carbocycles. The minimum absolute atomic E-state index is 0.0598. The van der Waals surface area contributed by atoms with Gasteiger partial charge in [0.1, 0.15) is 11.5 Å². The van der Waals surface area contributed by atoms with Crippen LogP contribution in [0, 0.1) is 0 Å². The highest BCUT2D eigenvalue weighted by Crippen LogP contribution is 2.40. The monoisotopic (exact) mass is 194 g/mol. The molecule has 0 aliphatic carbocycles. The highest BCUT2D eigenvalue weighted by atomic mass is 16.5. The summed E-state index contributed by atoms with van der Waals surface area (Å²) in [5.74, 6) is 1.43. The van der Waals surface area contributed by atoms with Gasteiger partial charge in [0.25, 0.3) is 0 Å². The minimum Gasteiger partial charge on any atom is -0.496 e. The van der Waals surface area contributed by atoms with Crippen LogP contribution >= 0.6 is 0 Å². The number of hydrogen-bond donors (Lipinski definition) is 1. The average Bonchev–Trinajstić information content (AvgIpc) is 2.16. The summed E-state index contributed by atoms with van der Waals surface area (Å²) in [6.45, 7) is 1.95. The van der Waals surface area contributed by atoms with Crippen LogP contribution in [0.5, 0.6) is 11.5 Å². The molecule has 0 bridgehead atoms. The summed E-state index contributed by atoms with van der Waals surface area (Å²) in [6.07, 6.45) is 0.197. The number of ether oxygens (including phenoxy) is 2. The van der Waals surface area contributed by atoms with Crippen LogP contribution in [-0.2, 0) is 0 Å². The summed E-state index contributed by atoms with van der Waals surface area (Å²) < 4.78 is 10.8. The summed E-state index contributed by atoms with van der Waals surface area (Å²) in [5.41, 5.74) is 0.771. The van der Waals surface area contributed by atoms with Gasteiger partial charge >= 0.3 is 0 Å². The van der Waals surface area contributed by atoms with Gasteiger partial charge in [0.2, 0.25) is 0 Å². The van der Waals surface area contributed by atoms with E-state index in [0.29, 0.717) is 12.2 Å². The van der Waals surface area contributed by atoms with E-state index in [-0.39, 0.29) is 6.10 Å². The number of benzene rings is 1. The number of fused-ring (bicyclic) bond motifs is 1. The molecular weight excluding hydrogens is 180 g/mol. The Kier molecular flexibility index (Phi) is 2.33. The molecular formula is C11H14O3. The molecule has 2 atom stereocenters. The first-order valence-corrected chi connectivity index (χ1v) is 4.74. The van der Waals surface area contributed by atoms with E-state index in [4.69, 9.17) is 9.47 Å². The fourth-order valence-electron chi connectivity index (χ4n) is 1.83. The largest absolute Gasteiger partial charge is 0.496 e. The fraction of sp³-hybridized carbons (Fsp3) is 0.455. The van der Waals surface area contributed by atoms with Gasteiger partial charge in [-0.2, -0.15) is 0 Å². The zero-order chi connectivity index (χ0) is 10.1. The van der Waals surface area contributed by atoms with Crippen LogP contribution < -0.4 is 9.47 Å². The summed E-state index contributed by atoms with van der Waals surface area (Å²) in [4.78, 5) is 0. The van der Waals surface area contributed by atoms with Crippen LogP contribution in [0.25, 0.3) is 0 Å². The highest BCUT2D eigenvalue weighted by Gasteiger charge is 2.26. The molecule has 14 heavy (non-hydrogen) atoms. The Balaban J connectivity index is 2.47. The normalized spacial score (nSPS) is 25.1. The predicted octanol–water partition coefficient (Wildman–Crippen LogP) is 1.90. The first-order valence-electron chi connectivity index (χ1n) is 4.74. The molecule has 0 unspecified atom stereocenters. The SMILES string of the molecule is COc1cccc2c1[C@H](O)C[C@@H](C)O2. The Morgan fingerprint density at radius 1 is 1.50 bits per heavy atom. The Hall–Kier alpha value is -1.22. The number of rotatable bonds is 1. The molecule has 0 saturated heterocycles. The van der Waals surface area contributed by atoms with E-state index < -0.39 is 6.10 Å². The Bertz CT molecular complexity index is 335. The molecule has 0 saturated carbocycles. The van der Waals surface area contributed by atoms with Crippen molar-refractivity contribution < 1.29 is 14.6 Å². The molecule has 2 rings (SSSR count). The third kappa shape index (κ3) is 1.44. The lowest BCUT2D eigenvalue weighted by atomic mass is 9.99. The molecule has 1 aliphatic rings. The van der Waals surface area contributed by atoms with Gasteiger partial charge in [0.05, 0.1) is 24.9 Å². The van der Waals surface area contributed by atoms with Crippen molar-refractivity contribution in [2.75, 3.05) is 7.11 Å². The average molecular weight is 194 g/mol. The number of aliphatic hydroxyl groups is 1. The quantitative estimate of drug-likeness (QED) is 0.742. The van der Waals surface area contributed by atoms with Crippen LogP contribution in [0.4, 0.5) is 0 Å². The molecule has 3 nitrogen and oxygen atoms in total. The second kappa shape index (κ2) is 3.50. The van der Waals surface area contributed by atoms with Gasteiger partial charge in [-0.3, -0.25) is 0 Å². The zero-order valence-corrected chi connectivity index (χ0v) is 8.36. The Morgan fingerprint density at radius 2 is 2.29 bits per heavy atom.